The summed E-state index contributed by atoms with van der Waals surface area (Å²) in [5.41, 5.74) is -0.487. The summed E-state index contributed by atoms with van der Waals surface area (Å²) in [6.07, 6.45) is 2.94. The molecule has 0 spiro atoms. The highest BCUT2D eigenvalue weighted by molar-refractivity contribution is 5.70. The molecular weight excluding hydrogens is 246 g/mol. The van der Waals surface area contributed by atoms with Gasteiger partial charge in [-0.15, -0.1) is 0 Å². The number of carbonyl (C=O) groups is 2. The van der Waals surface area contributed by atoms with E-state index >= 15 is 0 Å². The Labute approximate surface area is 114 Å². The van der Waals surface area contributed by atoms with Crippen LogP contribution in [0.5, 0.6) is 0 Å². The summed E-state index contributed by atoms with van der Waals surface area (Å²) in [5, 5.41) is 11.8. The van der Waals surface area contributed by atoms with Crippen molar-refractivity contribution >= 4 is 12.1 Å². The first kappa shape index (κ1) is 15.8. The standard InChI is InChI=1S/C14H25NO4/c1-9(12(16)17)10-5-7-11(8-6-10)15-13(18)19-14(2,3)4/h9-11H,5-8H2,1-4H3,(H,15,18)(H,16,17)/t9-,10?,11?/m0/s1. The maximum Gasteiger partial charge on any atom is 0.407 e. The molecule has 0 aromatic rings. The van der Waals surface area contributed by atoms with Crippen LogP contribution in [0.25, 0.3) is 0 Å². The zero-order valence-electron chi connectivity index (χ0n) is 12.2. The Morgan fingerprint density at radius 2 is 1.74 bits per heavy atom. The van der Waals surface area contributed by atoms with E-state index in [1.165, 1.54) is 0 Å². The molecule has 19 heavy (non-hydrogen) atoms. The van der Waals surface area contributed by atoms with Crippen LogP contribution < -0.4 is 5.32 Å². The van der Waals surface area contributed by atoms with Gasteiger partial charge in [0, 0.05) is 6.04 Å². The molecule has 0 aromatic carbocycles. The van der Waals surface area contributed by atoms with Gasteiger partial charge in [-0.1, -0.05) is 6.92 Å². The first-order chi connectivity index (χ1) is 8.69. The van der Waals surface area contributed by atoms with Crippen molar-refractivity contribution in [2.45, 2.75) is 65.0 Å². The Hall–Kier alpha value is -1.26. The number of rotatable bonds is 3. The van der Waals surface area contributed by atoms with Gasteiger partial charge in [-0.3, -0.25) is 4.79 Å². The average molecular weight is 271 g/mol. The SMILES string of the molecule is C[C@H](C(=O)O)C1CCC(NC(=O)OC(C)(C)C)CC1. The zero-order valence-corrected chi connectivity index (χ0v) is 12.2. The molecule has 1 aliphatic rings. The van der Waals surface area contributed by atoms with Gasteiger partial charge in [0.15, 0.2) is 0 Å². The number of alkyl carbamates (subject to hydrolysis) is 1. The van der Waals surface area contributed by atoms with Gasteiger partial charge in [-0.25, -0.2) is 4.79 Å². The Morgan fingerprint density at radius 1 is 1.21 bits per heavy atom. The van der Waals surface area contributed by atoms with Gasteiger partial charge < -0.3 is 15.2 Å². The molecule has 5 nitrogen and oxygen atoms in total. The number of carboxylic acids is 1. The smallest absolute Gasteiger partial charge is 0.407 e. The maximum absolute atomic E-state index is 11.6. The molecule has 1 fully saturated rings. The first-order valence-corrected chi connectivity index (χ1v) is 6.91. The number of carbonyl (C=O) groups excluding carboxylic acids is 1. The summed E-state index contributed by atoms with van der Waals surface area (Å²) in [6, 6.07) is 0.104. The summed E-state index contributed by atoms with van der Waals surface area (Å²) >= 11 is 0. The average Bonchev–Trinajstić information content (AvgIpc) is 2.26. The number of ether oxygens (including phenoxy) is 1. The minimum absolute atomic E-state index is 0.104. The number of hydrogen-bond acceptors (Lipinski definition) is 3. The zero-order chi connectivity index (χ0) is 14.6. The Balaban J connectivity index is 2.34. The number of nitrogens with one attached hydrogen (secondary N) is 1. The molecular formula is C14H25NO4. The molecule has 0 unspecified atom stereocenters. The summed E-state index contributed by atoms with van der Waals surface area (Å²) in [6.45, 7) is 7.25. The van der Waals surface area contributed by atoms with Gasteiger partial charge in [0.05, 0.1) is 5.92 Å². The lowest BCUT2D eigenvalue weighted by Gasteiger charge is -2.31. The van der Waals surface area contributed by atoms with Crippen LogP contribution in [0.1, 0.15) is 53.4 Å². The maximum atomic E-state index is 11.6. The monoisotopic (exact) mass is 271 g/mol. The summed E-state index contributed by atoms with van der Waals surface area (Å²) in [4.78, 5) is 22.5. The Bertz CT molecular complexity index is 327. The van der Waals surface area contributed by atoms with Crippen LogP contribution in [0, 0.1) is 11.8 Å². The highest BCUT2D eigenvalue weighted by Gasteiger charge is 2.30. The van der Waals surface area contributed by atoms with Gasteiger partial charge in [-0.2, -0.15) is 0 Å². The fourth-order valence-corrected chi connectivity index (χ4v) is 2.44. The van der Waals surface area contributed by atoms with Crippen LogP contribution in [0.3, 0.4) is 0 Å². The molecule has 0 aromatic heterocycles. The molecule has 0 radical (unpaired) electrons. The van der Waals surface area contributed by atoms with E-state index in [0.29, 0.717) is 0 Å². The summed E-state index contributed by atoms with van der Waals surface area (Å²) in [7, 11) is 0. The minimum Gasteiger partial charge on any atom is -0.481 e. The fraction of sp³-hybridized carbons (Fsp3) is 0.857. The number of hydrogen-bond donors (Lipinski definition) is 2. The molecule has 0 saturated heterocycles. The van der Waals surface area contributed by atoms with Crippen molar-refractivity contribution in [3.63, 3.8) is 0 Å². The third kappa shape index (κ3) is 5.49. The third-order valence-corrected chi connectivity index (χ3v) is 3.59. The van der Waals surface area contributed by atoms with E-state index in [4.69, 9.17) is 9.84 Å². The lowest BCUT2D eigenvalue weighted by Crippen LogP contribution is -2.41. The van der Waals surface area contributed by atoms with Crippen molar-refractivity contribution < 1.29 is 19.4 Å². The first-order valence-electron chi connectivity index (χ1n) is 6.91. The minimum atomic E-state index is -0.733. The third-order valence-electron chi connectivity index (χ3n) is 3.59. The van der Waals surface area contributed by atoms with E-state index in [1.54, 1.807) is 6.92 Å². The van der Waals surface area contributed by atoms with E-state index in [9.17, 15) is 9.59 Å². The lowest BCUT2D eigenvalue weighted by atomic mass is 9.79. The molecule has 5 heteroatoms. The van der Waals surface area contributed by atoms with Gasteiger partial charge in [-0.05, 0) is 52.4 Å². The van der Waals surface area contributed by atoms with Crippen molar-refractivity contribution in [2.24, 2.45) is 11.8 Å². The van der Waals surface area contributed by atoms with Crippen LogP contribution in [0.2, 0.25) is 0 Å². The van der Waals surface area contributed by atoms with Crippen molar-refractivity contribution in [3.8, 4) is 0 Å². The number of carboxylic acid groups (broad SMARTS) is 1. The second kappa shape index (κ2) is 6.26. The molecule has 1 aliphatic carbocycles. The number of aliphatic carboxylic acids is 1. The van der Waals surface area contributed by atoms with Crippen LogP contribution in [0.4, 0.5) is 4.79 Å². The van der Waals surface area contributed by atoms with Crippen molar-refractivity contribution in [2.75, 3.05) is 0 Å². The van der Waals surface area contributed by atoms with Crippen LogP contribution >= 0.6 is 0 Å². The lowest BCUT2D eigenvalue weighted by molar-refractivity contribution is -0.143. The molecule has 1 rings (SSSR count). The van der Waals surface area contributed by atoms with Gasteiger partial charge >= 0.3 is 12.1 Å². The summed E-state index contributed by atoms with van der Waals surface area (Å²) < 4.78 is 5.21. The highest BCUT2D eigenvalue weighted by atomic mass is 16.6. The predicted octanol–water partition coefficient (Wildman–Crippen LogP) is 2.79. The van der Waals surface area contributed by atoms with Crippen LogP contribution in [-0.4, -0.2) is 28.8 Å². The molecule has 110 valence electrons. The molecule has 1 saturated carbocycles. The van der Waals surface area contributed by atoms with Gasteiger partial charge in [0.1, 0.15) is 5.60 Å². The van der Waals surface area contributed by atoms with Crippen molar-refractivity contribution in [1.82, 2.24) is 5.32 Å². The quantitative estimate of drug-likeness (QED) is 0.827. The largest absolute Gasteiger partial charge is 0.481 e. The van der Waals surface area contributed by atoms with E-state index < -0.39 is 11.6 Å². The molecule has 0 aliphatic heterocycles. The molecule has 1 atom stereocenters. The highest BCUT2D eigenvalue weighted by Crippen LogP contribution is 2.30. The Morgan fingerprint density at radius 3 is 2.16 bits per heavy atom. The molecule has 0 heterocycles. The second-order valence-electron chi connectivity index (χ2n) is 6.38. The van der Waals surface area contributed by atoms with E-state index in [-0.39, 0.29) is 24.0 Å². The van der Waals surface area contributed by atoms with E-state index in [0.717, 1.165) is 25.7 Å². The molecule has 1 amide bonds. The summed E-state index contributed by atoms with van der Waals surface area (Å²) in [5.74, 6) is -0.819. The van der Waals surface area contributed by atoms with Crippen LogP contribution in [0.15, 0.2) is 0 Å². The predicted molar refractivity (Wildman–Crippen MR) is 71.9 cm³/mol. The normalized spacial score (nSPS) is 25.5. The molecule has 2 N–H and O–H groups in total. The second-order valence-corrected chi connectivity index (χ2v) is 6.38. The number of amides is 1. The fourth-order valence-electron chi connectivity index (χ4n) is 2.44. The topological polar surface area (TPSA) is 75.6 Å². The Kier molecular flexibility index (Phi) is 5.20. The van der Waals surface area contributed by atoms with E-state index in [2.05, 4.69) is 5.32 Å². The van der Waals surface area contributed by atoms with Gasteiger partial charge in [0.2, 0.25) is 0 Å². The molecule has 0 bridgehead atoms. The van der Waals surface area contributed by atoms with Crippen molar-refractivity contribution in [3.05, 3.63) is 0 Å². The van der Waals surface area contributed by atoms with Gasteiger partial charge in [0.25, 0.3) is 0 Å². The van der Waals surface area contributed by atoms with Crippen molar-refractivity contribution in [1.29, 1.82) is 0 Å². The van der Waals surface area contributed by atoms with Crippen LogP contribution in [-0.2, 0) is 9.53 Å². The van der Waals surface area contributed by atoms with E-state index in [1.807, 2.05) is 20.8 Å².